The maximum absolute atomic E-state index is 13.1. The van der Waals surface area contributed by atoms with Gasteiger partial charge in [0.1, 0.15) is 18.5 Å². The highest BCUT2D eigenvalue weighted by Crippen LogP contribution is 2.71. The maximum atomic E-state index is 13.1. The van der Waals surface area contributed by atoms with E-state index < -0.39 is 41.7 Å². The molecule has 1 aromatic rings. The summed E-state index contributed by atoms with van der Waals surface area (Å²) in [6.45, 7) is 1.94. The van der Waals surface area contributed by atoms with Gasteiger partial charge < -0.3 is 30.1 Å². The molecule has 1 amide bonds. The Bertz CT molecular complexity index is 1320. The van der Waals surface area contributed by atoms with E-state index in [0.717, 1.165) is 11.1 Å². The number of benzene rings is 1. The summed E-state index contributed by atoms with van der Waals surface area (Å²) < 4.78 is 12.3. The molecule has 3 saturated carbocycles. The van der Waals surface area contributed by atoms with E-state index in [-0.39, 0.29) is 59.9 Å². The number of aromatic hydroxyl groups is 1. The topological polar surface area (TPSA) is 159 Å². The van der Waals surface area contributed by atoms with Gasteiger partial charge in [0, 0.05) is 30.7 Å². The molecule has 0 radical (unpaired) electrons. The first-order valence-corrected chi connectivity index (χ1v) is 15.5. The van der Waals surface area contributed by atoms with Crippen molar-refractivity contribution in [3.8, 4) is 5.75 Å². The van der Waals surface area contributed by atoms with E-state index in [1.54, 1.807) is 30.3 Å². The predicted molar refractivity (Wildman–Crippen MR) is 152 cm³/mol. The zero-order valence-corrected chi connectivity index (χ0v) is 24.5. The summed E-state index contributed by atoms with van der Waals surface area (Å²) in [5.41, 5.74) is 0.514. The molecule has 1 aromatic carbocycles. The second-order valence-electron chi connectivity index (χ2n) is 13.4. The molecule has 3 unspecified atom stereocenters. The van der Waals surface area contributed by atoms with Gasteiger partial charge in [-0.05, 0) is 91.0 Å². The molecule has 4 aliphatic carbocycles. The Morgan fingerprint density at radius 2 is 1.91 bits per heavy atom. The summed E-state index contributed by atoms with van der Waals surface area (Å²) in [5.74, 6) is -1.38. The quantitative estimate of drug-likeness (QED) is 0.314. The fourth-order valence-corrected chi connectivity index (χ4v) is 9.47. The molecule has 1 saturated heterocycles. The highest BCUT2D eigenvalue weighted by molar-refractivity contribution is 5.92. The molecule has 1 heterocycles. The number of phenolic OH excluding ortho intramolecular Hbond substituents is 1. The Morgan fingerprint density at radius 3 is 2.65 bits per heavy atom. The monoisotopic (exact) mass is 595 g/mol. The molecule has 5 aliphatic rings. The molecule has 1 spiro atoms. The SMILES string of the molecule is C[C@]12CCC(=O)C=C1C(OC(=O)CCC(=O)NCCc1ccc(O)cc1)C[C@H]1[C@@H]3CC[C@H](C(=O)CO)[C@@]34CC(OC4O)[C@@H]12. The van der Waals surface area contributed by atoms with Gasteiger partial charge >= 0.3 is 5.97 Å². The largest absolute Gasteiger partial charge is 0.508 e. The van der Waals surface area contributed by atoms with E-state index >= 15 is 0 Å². The molecule has 4 fully saturated rings. The van der Waals surface area contributed by atoms with Gasteiger partial charge in [0.05, 0.1) is 12.5 Å². The molecular formula is C33H41NO9. The smallest absolute Gasteiger partial charge is 0.306 e. The number of nitrogens with one attached hydrogen (secondary N) is 1. The van der Waals surface area contributed by atoms with E-state index in [9.17, 15) is 34.5 Å². The van der Waals surface area contributed by atoms with Gasteiger partial charge in [-0.2, -0.15) is 0 Å². The zero-order valence-electron chi connectivity index (χ0n) is 24.5. The average molecular weight is 596 g/mol. The van der Waals surface area contributed by atoms with Gasteiger partial charge in [0.15, 0.2) is 17.9 Å². The summed E-state index contributed by atoms with van der Waals surface area (Å²) in [6, 6.07) is 6.75. The number of carbonyl (C=O) groups is 4. The van der Waals surface area contributed by atoms with Gasteiger partial charge in [0.2, 0.25) is 5.91 Å². The van der Waals surface area contributed by atoms with Crippen molar-refractivity contribution in [3.05, 3.63) is 41.5 Å². The molecule has 2 bridgehead atoms. The van der Waals surface area contributed by atoms with Crippen LogP contribution >= 0.6 is 0 Å². The standard InChI is InChI=1S/C33H41NO9/c1-32-12-10-20(37)14-24(32)26(42-29(40)9-8-28(39)34-13-11-18-2-4-19(36)5-3-18)15-21-22-6-7-23(25(38)17-35)33(22)16-27(30(21)32)43-31(33)41/h2-5,14,21-23,26-27,30-31,35-36,41H,6-13,15-17H2,1H3,(H,34,39)/t21-,22-,23+,26?,27?,30+,31?,32-,33+/m0/s1. The second kappa shape index (κ2) is 11.4. The minimum atomic E-state index is -1.11. The first-order valence-electron chi connectivity index (χ1n) is 15.5. The van der Waals surface area contributed by atoms with E-state index in [0.29, 0.717) is 51.5 Å². The first-order chi connectivity index (χ1) is 20.6. The summed E-state index contributed by atoms with van der Waals surface area (Å²) in [4.78, 5) is 50.9. The van der Waals surface area contributed by atoms with Crippen LogP contribution in [0.2, 0.25) is 0 Å². The Morgan fingerprint density at radius 1 is 1.14 bits per heavy atom. The third-order valence-corrected chi connectivity index (χ3v) is 11.3. The number of hydrogen-bond donors (Lipinski definition) is 4. The fraction of sp³-hybridized carbons (Fsp3) is 0.636. The lowest BCUT2D eigenvalue weighted by Crippen LogP contribution is -2.58. The molecule has 6 rings (SSSR count). The lowest BCUT2D eigenvalue weighted by Gasteiger charge is -2.58. The third kappa shape index (κ3) is 5.11. The van der Waals surface area contributed by atoms with Crippen LogP contribution in [0.25, 0.3) is 0 Å². The summed E-state index contributed by atoms with van der Waals surface area (Å²) in [6.07, 6.45) is 3.31. The van der Waals surface area contributed by atoms with Crippen molar-refractivity contribution in [3.63, 3.8) is 0 Å². The highest BCUT2D eigenvalue weighted by atomic mass is 16.6. The molecule has 4 N–H and O–H groups in total. The van der Waals surface area contributed by atoms with E-state index in [4.69, 9.17) is 9.47 Å². The Balaban J connectivity index is 1.15. The number of fused-ring (bicyclic) bond motifs is 6. The molecule has 0 aromatic heterocycles. The summed E-state index contributed by atoms with van der Waals surface area (Å²) in [5, 5.41) is 33.2. The van der Waals surface area contributed by atoms with Crippen molar-refractivity contribution < 1.29 is 44.0 Å². The minimum Gasteiger partial charge on any atom is -0.508 e. The number of esters is 1. The number of aliphatic hydroxyl groups excluding tert-OH is 2. The minimum absolute atomic E-state index is 0.000542. The summed E-state index contributed by atoms with van der Waals surface area (Å²) in [7, 11) is 0. The van der Waals surface area contributed by atoms with Crippen molar-refractivity contribution in [2.45, 2.75) is 83.2 Å². The van der Waals surface area contributed by atoms with Crippen molar-refractivity contribution in [1.29, 1.82) is 0 Å². The lowest BCUT2D eigenvalue weighted by molar-refractivity contribution is -0.160. The number of ketones is 2. The first kappa shape index (κ1) is 30.0. The molecule has 10 nitrogen and oxygen atoms in total. The van der Waals surface area contributed by atoms with Crippen LogP contribution in [0.3, 0.4) is 0 Å². The van der Waals surface area contributed by atoms with Crippen LogP contribution < -0.4 is 5.32 Å². The van der Waals surface area contributed by atoms with Gasteiger partial charge in [0.25, 0.3) is 0 Å². The van der Waals surface area contributed by atoms with Crippen LogP contribution in [-0.4, -0.2) is 70.4 Å². The van der Waals surface area contributed by atoms with E-state index in [1.165, 1.54) is 0 Å². The van der Waals surface area contributed by atoms with Crippen LogP contribution in [0.15, 0.2) is 35.9 Å². The van der Waals surface area contributed by atoms with Gasteiger partial charge in [-0.3, -0.25) is 19.2 Å². The summed E-state index contributed by atoms with van der Waals surface area (Å²) >= 11 is 0. The fourth-order valence-electron chi connectivity index (χ4n) is 9.47. The van der Waals surface area contributed by atoms with Crippen molar-refractivity contribution in [2.24, 2.45) is 34.5 Å². The maximum Gasteiger partial charge on any atom is 0.306 e. The Kier molecular flexibility index (Phi) is 7.98. The number of hydrogen-bond acceptors (Lipinski definition) is 9. The van der Waals surface area contributed by atoms with Crippen LogP contribution in [0, 0.1) is 34.5 Å². The van der Waals surface area contributed by atoms with Crippen molar-refractivity contribution >= 4 is 23.4 Å². The van der Waals surface area contributed by atoms with Crippen LogP contribution in [-0.2, 0) is 35.1 Å². The molecule has 232 valence electrons. The molecule has 1 aliphatic heterocycles. The highest BCUT2D eigenvalue weighted by Gasteiger charge is 2.72. The number of Topliss-reactive ketones (excluding diaryl/α,β-unsaturated/α-hetero) is 1. The van der Waals surface area contributed by atoms with Crippen molar-refractivity contribution in [2.75, 3.05) is 13.2 Å². The average Bonchev–Trinajstić information content (AvgIpc) is 3.51. The van der Waals surface area contributed by atoms with Gasteiger partial charge in [-0.25, -0.2) is 0 Å². The molecule has 10 heteroatoms. The van der Waals surface area contributed by atoms with Crippen LogP contribution in [0.5, 0.6) is 5.75 Å². The number of phenols is 1. The predicted octanol–water partition coefficient (Wildman–Crippen LogP) is 2.37. The zero-order chi connectivity index (χ0) is 30.5. The van der Waals surface area contributed by atoms with Crippen LogP contribution in [0.4, 0.5) is 0 Å². The number of ether oxygens (including phenoxy) is 2. The van der Waals surface area contributed by atoms with Gasteiger partial charge in [-0.15, -0.1) is 0 Å². The Labute approximate surface area is 250 Å². The van der Waals surface area contributed by atoms with Crippen LogP contribution in [0.1, 0.15) is 63.9 Å². The van der Waals surface area contributed by atoms with Gasteiger partial charge in [-0.1, -0.05) is 19.1 Å². The van der Waals surface area contributed by atoms with Crippen molar-refractivity contribution in [1.82, 2.24) is 5.32 Å². The second-order valence-corrected chi connectivity index (χ2v) is 13.4. The van der Waals surface area contributed by atoms with E-state index in [2.05, 4.69) is 12.2 Å². The molecule has 9 atom stereocenters. The number of amides is 1. The number of aliphatic hydroxyl groups is 2. The third-order valence-electron chi connectivity index (χ3n) is 11.3. The molecule has 43 heavy (non-hydrogen) atoms. The number of carbonyl (C=O) groups excluding carboxylic acids is 4. The Hall–Kier alpha value is -3.08. The lowest BCUT2D eigenvalue weighted by atomic mass is 9.45. The molecular weight excluding hydrogens is 554 g/mol. The number of rotatable bonds is 9. The normalized spacial score (nSPS) is 37.5. The van der Waals surface area contributed by atoms with E-state index in [1.807, 2.05) is 0 Å².